The average Bonchev–Trinajstić information content (AvgIpc) is 3.50. The van der Waals surface area contributed by atoms with Crippen molar-refractivity contribution in [2.24, 2.45) is 0 Å². The van der Waals surface area contributed by atoms with Crippen LogP contribution in [0.4, 0.5) is 11.4 Å². The molecule has 0 bridgehead atoms. The van der Waals surface area contributed by atoms with Gasteiger partial charge in [0.25, 0.3) is 0 Å². The van der Waals surface area contributed by atoms with E-state index < -0.39 is 8.07 Å². The van der Waals surface area contributed by atoms with Gasteiger partial charge in [0.2, 0.25) is 0 Å². The Kier molecular flexibility index (Phi) is 15.9. The van der Waals surface area contributed by atoms with Crippen LogP contribution in [0, 0.1) is 26.8 Å². The Morgan fingerprint density at radius 3 is 1.64 bits per heavy atom. The van der Waals surface area contributed by atoms with Crippen LogP contribution in [0.3, 0.4) is 0 Å². The minimum absolute atomic E-state index is 0. The predicted octanol–water partition coefficient (Wildman–Crippen LogP) is 9.09. The number of hydrogen-bond donors (Lipinski definition) is 0. The van der Waals surface area contributed by atoms with Gasteiger partial charge in [0.05, 0.1) is 15.2 Å². The number of rotatable bonds is 7. The van der Waals surface area contributed by atoms with E-state index in [-0.39, 0.29) is 31.3 Å². The molecule has 0 heterocycles. The molecule has 0 amide bonds. The molecule has 4 rings (SSSR count). The number of allylic oxidation sites excluding steroid dienone is 4. The van der Waals surface area contributed by atoms with E-state index in [2.05, 4.69) is 108 Å². The second-order valence-electron chi connectivity index (χ2n) is 12.7. The zero-order chi connectivity index (χ0) is 32.4. The molecule has 0 fully saturated rings. The summed E-state index contributed by atoms with van der Waals surface area (Å²) < 4.78 is 6.00. The Bertz CT molecular complexity index is 1330. The molecule has 0 N–H and O–H groups in total. The summed E-state index contributed by atoms with van der Waals surface area (Å²) in [7, 11) is 8.13. The Morgan fingerprint density at radius 2 is 1.32 bits per heavy atom. The first kappa shape index (κ1) is 39.4. The van der Waals surface area contributed by atoms with Crippen LogP contribution in [0.2, 0.25) is 12.1 Å². The monoisotopic (exact) mass is 640 g/mol. The maximum Gasteiger partial charge on any atom is 3.00 e. The number of anilines is 2. The number of para-hydroxylation sites is 2. The van der Waals surface area contributed by atoms with Gasteiger partial charge in [-0.25, -0.2) is 12.2 Å². The third kappa shape index (κ3) is 9.94. The molecule has 3 aromatic carbocycles. The largest absolute Gasteiger partial charge is 3.00 e. The van der Waals surface area contributed by atoms with Crippen molar-refractivity contribution in [3.8, 4) is 5.75 Å². The maximum absolute atomic E-state index is 6.00. The molecular weight excluding hydrogens is 585 g/mol. The first-order valence-electron chi connectivity index (χ1n) is 15.4. The van der Waals surface area contributed by atoms with Crippen molar-refractivity contribution in [2.75, 3.05) is 45.1 Å². The molecule has 1 aliphatic rings. The minimum atomic E-state index is -1.78. The topological polar surface area (TPSA) is 15.7 Å². The van der Waals surface area contributed by atoms with Crippen LogP contribution in [-0.4, -0.2) is 43.4 Å². The molecule has 5 heteroatoms. The van der Waals surface area contributed by atoms with Gasteiger partial charge in [-0.2, -0.15) is 42.3 Å². The number of hydrogen-bond acceptors (Lipinski definition) is 3. The SMILES string of the molecule is CC[Si](CC)(C1=[C-]C=CC1)c1cc(C)cc(C(C)(C)C)c1OC.[CH2-]c1ccccc1N(C)C.[CH2-]c1ccccc1N(C)C.[Sc+3]. The fraction of sp³-hybridized carbons (Fsp3) is 0.385. The van der Waals surface area contributed by atoms with Crippen LogP contribution in [0.15, 0.2) is 78.0 Å². The van der Waals surface area contributed by atoms with Gasteiger partial charge >= 0.3 is 25.8 Å². The van der Waals surface area contributed by atoms with Crippen molar-refractivity contribution in [3.05, 3.63) is 120 Å². The number of methoxy groups -OCH3 is 1. The average molecular weight is 641 g/mol. The molecular formula is C39H55N2OScSi. The molecule has 0 spiro atoms. The molecule has 0 radical (unpaired) electrons. The third-order valence-electron chi connectivity index (χ3n) is 8.19. The van der Waals surface area contributed by atoms with Crippen molar-refractivity contribution in [1.82, 2.24) is 0 Å². The fourth-order valence-electron chi connectivity index (χ4n) is 5.75. The normalized spacial score (nSPS) is 12.1. The fourth-order valence-corrected chi connectivity index (χ4v) is 10.2. The molecule has 0 unspecified atom stereocenters. The first-order valence-corrected chi connectivity index (χ1v) is 17.8. The van der Waals surface area contributed by atoms with Crippen LogP contribution in [0.5, 0.6) is 5.75 Å². The second-order valence-corrected chi connectivity index (χ2v) is 17.4. The molecule has 0 aliphatic heterocycles. The van der Waals surface area contributed by atoms with Crippen molar-refractivity contribution in [3.63, 3.8) is 0 Å². The molecule has 1 aliphatic carbocycles. The zero-order valence-electron chi connectivity index (χ0n) is 29.3. The van der Waals surface area contributed by atoms with E-state index in [1.165, 1.54) is 45.0 Å². The Balaban J connectivity index is 0.000000381. The van der Waals surface area contributed by atoms with E-state index in [4.69, 9.17) is 4.74 Å². The minimum Gasteiger partial charge on any atom is -0.497 e. The third-order valence-corrected chi connectivity index (χ3v) is 13.5. The molecule has 0 saturated carbocycles. The van der Waals surface area contributed by atoms with Crippen LogP contribution < -0.4 is 19.7 Å². The van der Waals surface area contributed by atoms with Gasteiger partial charge < -0.3 is 14.5 Å². The Labute approximate surface area is 290 Å². The van der Waals surface area contributed by atoms with Crippen molar-refractivity contribution >= 4 is 24.6 Å². The smallest absolute Gasteiger partial charge is 0.497 e. The maximum atomic E-state index is 6.00. The van der Waals surface area contributed by atoms with Gasteiger partial charge in [-0.1, -0.05) is 100 Å². The molecule has 0 saturated heterocycles. The number of ether oxygens (including phenoxy) is 1. The second kappa shape index (κ2) is 17.8. The van der Waals surface area contributed by atoms with Gasteiger partial charge in [0, 0.05) is 0 Å². The summed E-state index contributed by atoms with van der Waals surface area (Å²) in [5.41, 5.74) is 7.28. The van der Waals surface area contributed by atoms with Crippen LogP contribution in [-0.2, 0) is 31.3 Å². The summed E-state index contributed by atoms with van der Waals surface area (Å²) in [6, 6.07) is 23.3. The van der Waals surface area contributed by atoms with Gasteiger partial charge in [-0.05, 0) is 51.3 Å². The Hall–Kier alpha value is -2.63. The Morgan fingerprint density at radius 1 is 0.841 bits per heavy atom. The zero-order valence-corrected chi connectivity index (χ0v) is 32.1. The van der Waals surface area contributed by atoms with E-state index in [0.717, 1.165) is 23.3 Å². The number of benzene rings is 3. The van der Waals surface area contributed by atoms with Crippen LogP contribution in [0.25, 0.3) is 0 Å². The molecule has 234 valence electrons. The summed E-state index contributed by atoms with van der Waals surface area (Å²) in [5.74, 6) is 1.12. The van der Waals surface area contributed by atoms with E-state index in [0.29, 0.717) is 0 Å². The number of nitrogens with zero attached hydrogens (tertiary/aromatic N) is 2. The van der Waals surface area contributed by atoms with Gasteiger partial charge in [-0.15, -0.1) is 18.6 Å². The summed E-state index contributed by atoms with van der Waals surface area (Å²) in [5, 5.41) is 3.01. The van der Waals surface area contributed by atoms with E-state index in [1.807, 2.05) is 71.7 Å². The summed E-state index contributed by atoms with van der Waals surface area (Å²) in [4.78, 5) is 4.12. The predicted molar refractivity (Wildman–Crippen MR) is 194 cm³/mol. The van der Waals surface area contributed by atoms with Gasteiger partial charge in [-0.3, -0.25) is 6.08 Å². The van der Waals surface area contributed by atoms with Crippen molar-refractivity contribution < 1.29 is 30.6 Å². The van der Waals surface area contributed by atoms with Gasteiger partial charge in [0.15, 0.2) is 0 Å². The summed E-state index contributed by atoms with van der Waals surface area (Å²) in [6.07, 6.45) is 8.99. The van der Waals surface area contributed by atoms with Crippen molar-refractivity contribution in [2.45, 2.75) is 65.5 Å². The van der Waals surface area contributed by atoms with E-state index >= 15 is 0 Å². The standard InChI is InChI=1S/C21H31OSi.2C9H12N.Sc/c1-8-23(9-2,17-12-10-11-13-17)19-15-16(3)14-18(20(19)22-7)21(4,5)6;2*1-8-6-4-5-7-9(8)10(2)3;/h10-11,14-15H,8-9,12H2,1-7H3;2*4-7H,1H2,2-3H3;/q3*-1;+3. The summed E-state index contributed by atoms with van der Waals surface area (Å²) >= 11 is 0. The molecule has 44 heavy (non-hydrogen) atoms. The summed E-state index contributed by atoms with van der Waals surface area (Å²) in [6.45, 7) is 21.5. The molecule has 3 aromatic rings. The van der Waals surface area contributed by atoms with Gasteiger partial charge in [0.1, 0.15) is 5.75 Å². The first-order chi connectivity index (χ1) is 20.2. The molecule has 0 aromatic heterocycles. The quantitative estimate of drug-likeness (QED) is 0.189. The van der Waals surface area contributed by atoms with Crippen LogP contribution in [0.1, 0.15) is 63.3 Å². The van der Waals surface area contributed by atoms with E-state index in [9.17, 15) is 0 Å². The molecule has 3 nitrogen and oxygen atoms in total. The molecule has 0 atom stereocenters. The number of aryl methyl sites for hydroxylation is 1. The van der Waals surface area contributed by atoms with Crippen molar-refractivity contribution in [1.29, 1.82) is 0 Å². The van der Waals surface area contributed by atoms with Crippen LogP contribution >= 0.6 is 0 Å². The van der Waals surface area contributed by atoms with E-state index in [1.54, 1.807) is 0 Å².